The molecule has 0 amide bonds. The first-order valence-electron chi connectivity index (χ1n) is 5.19. The normalized spacial score (nSPS) is 40.8. The molecule has 3 nitrogen and oxygen atoms in total. The van der Waals surface area contributed by atoms with Crippen molar-refractivity contribution >= 4 is 0 Å². The lowest BCUT2D eigenvalue weighted by atomic mass is 9.97. The van der Waals surface area contributed by atoms with E-state index in [-0.39, 0.29) is 12.1 Å². The van der Waals surface area contributed by atoms with Crippen molar-refractivity contribution in [3.05, 3.63) is 0 Å². The molecule has 2 fully saturated rings. The zero-order chi connectivity index (χ0) is 9.15. The molecule has 2 aliphatic heterocycles. The second kappa shape index (κ2) is 3.95. The molecule has 0 unspecified atom stereocenters. The first kappa shape index (κ1) is 9.44. The minimum absolute atomic E-state index is 0.0492. The lowest BCUT2D eigenvalue weighted by Crippen LogP contribution is -2.45. The maximum absolute atomic E-state index is 5.82. The summed E-state index contributed by atoms with van der Waals surface area (Å²) in [6, 6.07) is 0. The highest BCUT2D eigenvalue weighted by Crippen LogP contribution is 2.36. The van der Waals surface area contributed by atoms with E-state index in [1.807, 2.05) is 0 Å². The average Bonchev–Trinajstić information content (AvgIpc) is 2.19. The van der Waals surface area contributed by atoms with Gasteiger partial charge in [-0.25, -0.2) is 0 Å². The van der Waals surface area contributed by atoms with Crippen LogP contribution in [0.1, 0.15) is 38.5 Å². The molecule has 3 heteroatoms. The molecule has 13 heavy (non-hydrogen) atoms. The van der Waals surface area contributed by atoms with Crippen LogP contribution in [0.15, 0.2) is 0 Å². The van der Waals surface area contributed by atoms with Gasteiger partial charge < -0.3 is 14.2 Å². The van der Waals surface area contributed by atoms with Gasteiger partial charge >= 0.3 is 0 Å². The topological polar surface area (TPSA) is 27.7 Å². The SMILES string of the molecule is CO[C@@H]1CCC[C@]2(CCCCO2)O1. The molecule has 2 saturated heterocycles. The fourth-order valence-electron chi connectivity index (χ4n) is 2.18. The number of hydrogen-bond acceptors (Lipinski definition) is 3. The minimum Gasteiger partial charge on any atom is -0.356 e. The standard InChI is InChI=1S/C10H18O3/c1-11-9-5-4-7-10(13-9)6-2-3-8-12-10/h9H,2-8H2,1H3/t9-,10-/m0/s1. The molecule has 0 aromatic rings. The van der Waals surface area contributed by atoms with Crippen LogP contribution in [0.2, 0.25) is 0 Å². The Bertz CT molecular complexity index is 158. The van der Waals surface area contributed by atoms with Crippen LogP contribution in [0.25, 0.3) is 0 Å². The van der Waals surface area contributed by atoms with Crippen molar-refractivity contribution in [2.45, 2.75) is 50.6 Å². The van der Waals surface area contributed by atoms with Gasteiger partial charge in [-0.05, 0) is 25.7 Å². The van der Waals surface area contributed by atoms with E-state index in [0.29, 0.717) is 0 Å². The van der Waals surface area contributed by atoms with Crippen LogP contribution in [0.3, 0.4) is 0 Å². The van der Waals surface area contributed by atoms with Crippen molar-refractivity contribution in [1.82, 2.24) is 0 Å². The number of rotatable bonds is 1. The molecule has 2 atom stereocenters. The summed E-state index contributed by atoms with van der Waals surface area (Å²) in [5, 5.41) is 0. The summed E-state index contributed by atoms with van der Waals surface area (Å²) in [4.78, 5) is 0. The van der Waals surface area contributed by atoms with Crippen LogP contribution < -0.4 is 0 Å². The third-order valence-corrected chi connectivity index (χ3v) is 2.92. The van der Waals surface area contributed by atoms with E-state index >= 15 is 0 Å². The van der Waals surface area contributed by atoms with Crippen molar-refractivity contribution in [1.29, 1.82) is 0 Å². The van der Waals surface area contributed by atoms with Crippen LogP contribution in [0.5, 0.6) is 0 Å². The highest BCUT2D eigenvalue weighted by molar-refractivity contribution is 4.78. The summed E-state index contributed by atoms with van der Waals surface area (Å²) < 4.78 is 16.8. The zero-order valence-corrected chi connectivity index (χ0v) is 8.25. The number of methoxy groups -OCH3 is 1. The Hall–Kier alpha value is -0.120. The van der Waals surface area contributed by atoms with Gasteiger partial charge in [-0.3, -0.25) is 0 Å². The van der Waals surface area contributed by atoms with E-state index in [1.165, 1.54) is 12.8 Å². The smallest absolute Gasteiger partial charge is 0.171 e. The summed E-state index contributed by atoms with van der Waals surface area (Å²) >= 11 is 0. The molecular weight excluding hydrogens is 168 g/mol. The minimum atomic E-state index is -0.294. The molecule has 76 valence electrons. The van der Waals surface area contributed by atoms with E-state index in [2.05, 4.69) is 0 Å². The third-order valence-electron chi connectivity index (χ3n) is 2.92. The van der Waals surface area contributed by atoms with Gasteiger partial charge in [-0.15, -0.1) is 0 Å². The fraction of sp³-hybridized carbons (Fsp3) is 1.00. The van der Waals surface area contributed by atoms with Gasteiger partial charge in [0.15, 0.2) is 12.1 Å². The van der Waals surface area contributed by atoms with Crippen molar-refractivity contribution in [2.24, 2.45) is 0 Å². The molecule has 0 N–H and O–H groups in total. The van der Waals surface area contributed by atoms with Crippen molar-refractivity contribution in [3.8, 4) is 0 Å². The summed E-state index contributed by atoms with van der Waals surface area (Å²) in [7, 11) is 1.70. The fourth-order valence-corrected chi connectivity index (χ4v) is 2.18. The highest BCUT2D eigenvalue weighted by atomic mass is 16.8. The molecule has 0 saturated carbocycles. The molecule has 2 aliphatic rings. The molecule has 0 radical (unpaired) electrons. The van der Waals surface area contributed by atoms with Crippen molar-refractivity contribution < 1.29 is 14.2 Å². The summed E-state index contributed by atoms with van der Waals surface area (Å²) in [5.74, 6) is -0.294. The van der Waals surface area contributed by atoms with E-state index in [4.69, 9.17) is 14.2 Å². The first-order chi connectivity index (χ1) is 6.35. The molecule has 0 aromatic heterocycles. The van der Waals surface area contributed by atoms with Gasteiger partial charge in [0, 0.05) is 20.0 Å². The summed E-state index contributed by atoms with van der Waals surface area (Å²) in [6.07, 6.45) is 6.56. The second-order valence-corrected chi connectivity index (χ2v) is 3.89. The average molecular weight is 186 g/mol. The van der Waals surface area contributed by atoms with Crippen LogP contribution in [-0.2, 0) is 14.2 Å². The summed E-state index contributed by atoms with van der Waals surface area (Å²) in [5.41, 5.74) is 0. The maximum Gasteiger partial charge on any atom is 0.171 e. The molecule has 2 rings (SSSR count). The molecule has 2 heterocycles. The van der Waals surface area contributed by atoms with E-state index < -0.39 is 0 Å². The predicted molar refractivity (Wildman–Crippen MR) is 48.3 cm³/mol. The quantitative estimate of drug-likeness (QED) is 0.627. The van der Waals surface area contributed by atoms with Crippen molar-refractivity contribution in [3.63, 3.8) is 0 Å². The Balaban J connectivity index is 1.95. The monoisotopic (exact) mass is 186 g/mol. The lowest BCUT2D eigenvalue weighted by Gasteiger charge is -2.42. The Morgan fingerprint density at radius 1 is 1.23 bits per heavy atom. The van der Waals surface area contributed by atoms with E-state index in [0.717, 1.165) is 32.3 Å². The molecule has 1 spiro atoms. The van der Waals surface area contributed by atoms with Crippen LogP contribution in [-0.4, -0.2) is 25.8 Å². The molecular formula is C10H18O3. The first-order valence-corrected chi connectivity index (χ1v) is 5.19. The maximum atomic E-state index is 5.82. The molecule has 0 aromatic carbocycles. The van der Waals surface area contributed by atoms with E-state index in [9.17, 15) is 0 Å². The predicted octanol–water partition coefficient (Wildman–Crippen LogP) is 2.06. The Morgan fingerprint density at radius 2 is 2.08 bits per heavy atom. The largest absolute Gasteiger partial charge is 0.356 e. The van der Waals surface area contributed by atoms with Gasteiger partial charge in [0.05, 0.1) is 6.61 Å². The Kier molecular flexibility index (Phi) is 2.86. The second-order valence-electron chi connectivity index (χ2n) is 3.89. The lowest BCUT2D eigenvalue weighted by molar-refractivity contribution is -0.337. The van der Waals surface area contributed by atoms with Gasteiger partial charge in [0.2, 0.25) is 0 Å². The van der Waals surface area contributed by atoms with Crippen molar-refractivity contribution in [2.75, 3.05) is 13.7 Å². The van der Waals surface area contributed by atoms with Crippen LogP contribution >= 0.6 is 0 Å². The van der Waals surface area contributed by atoms with E-state index in [1.54, 1.807) is 7.11 Å². The third kappa shape index (κ3) is 2.03. The molecule has 0 aliphatic carbocycles. The van der Waals surface area contributed by atoms with Crippen LogP contribution in [0.4, 0.5) is 0 Å². The highest BCUT2D eigenvalue weighted by Gasteiger charge is 2.39. The zero-order valence-electron chi connectivity index (χ0n) is 8.25. The van der Waals surface area contributed by atoms with Gasteiger partial charge in [-0.2, -0.15) is 0 Å². The molecule has 0 bridgehead atoms. The van der Waals surface area contributed by atoms with Crippen LogP contribution in [0, 0.1) is 0 Å². The Labute approximate surface area is 79.4 Å². The van der Waals surface area contributed by atoms with Gasteiger partial charge in [0.1, 0.15) is 0 Å². The number of hydrogen-bond donors (Lipinski definition) is 0. The van der Waals surface area contributed by atoms with Gasteiger partial charge in [0.25, 0.3) is 0 Å². The Morgan fingerprint density at radius 3 is 2.77 bits per heavy atom. The summed E-state index contributed by atoms with van der Waals surface area (Å²) in [6.45, 7) is 0.844. The van der Waals surface area contributed by atoms with Gasteiger partial charge in [-0.1, -0.05) is 0 Å². The number of ether oxygens (including phenoxy) is 3.